The van der Waals surface area contributed by atoms with E-state index in [0.29, 0.717) is 11.1 Å². The highest BCUT2D eigenvalue weighted by molar-refractivity contribution is 6.07. The predicted octanol–water partition coefficient (Wildman–Crippen LogP) is 3.78. The van der Waals surface area contributed by atoms with Crippen LogP contribution < -0.4 is 20.9 Å². The van der Waals surface area contributed by atoms with Crippen molar-refractivity contribution in [3.8, 4) is 57.1 Å². The second kappa shape index (κ2) is 10.2. The van der Waals surface area contributed by atoms with E-state index < -0.39 is 46.0 Å². The van der Waals surface area contributed by atoms with E-state index in [0.717, 1.165) is 12.1 Å². The van der Waals surface area contributed by atoms with E-state index in [4.69, 9.17) is 0 Å². The maximum absolute atomic E-state index is 11.6. The molecular formula is C36H26O8. The van der Waals surface area contributed by atoms with Crippen LogP contribution in [0.2, 0.25) is 0 Å². The SMILES string of the molecule is C=c1c(-c2c(O)c3cc(O)c(O)/c(=C\c4ccccc4)c3c(O)c2=C)c(O)c2cc(O)c(O)/c(=C\c3ccccc3)c2c1O. The molecule has 0 atom stereocenters. The molecule has 0 heterocycles. The first-order valence-corrected chi connectivity index (χ1v) is 13.4. The Balaban J connectivity index is 1.75. The molecule has 0 aromatic heterocycles. The molecule has 44 heavy (non-hydrogen) atoms. The number of phenols is 8. The molecule has 0 saturated carbocycles. The van der Waals surface area contributed by atoms with Crippen LogP contribution in [0, 0.1) is 0 Å². The second-order valence-corrected chi connectivity index (χ2v) is 10.4. The van der Waals surface area contributed by atoms with Crippen molar-refractivity contribution in [2.24, 2.45) is 0 Å². The molecule has 218 valence electrons. The maximum Gasteiger partial charge on any atom is 0.165 e. The first-order valence-electron chi connectivity index (χ1n) is 13.4. The summed E-state index contributed by atoms with van der Waals surface area (Å²) < 4.78 is 0. The van der Waals surface area contributed by atoms with Crippen molar-refractivity contribution in [3.05, 3.63) is 105 Å². The van der Waals surface area contributed by atoms with Gasteiger partial charge in [0.25, 0.3) is 0 Å². The average molecular weight is 587 g/mol. The minimum absolute atomic E-state index is 0.0115. The number of rotatable bonds is 3. The average Bonchev–Trinajstić information content (AvgIpc) is 3.02. The third-order valence-corrected chi connectivity index (χ3v) is 7.74. The Hall–Kier alpha value is -6.28. The zero-order valence-corrected chi connectivity index (χ0v) is 23.1. The zero-order valence-electron chi connectivity index (χ0n) is 23.1. The number of hydrogen-bond acceptors (Lipinski definition) is 8. The van der Waals surface area contributed by atoms with Crippen LogP contribution in [0.4, 0.5) is 0 Å². The molecule has 0 fully saturated rings. The smallest absolute Gasteiger partial charge is 0.165 e. The number of benzene rings is 6. The largest absolute Gasteiger partial charge is 0.507 e. The highest BCUT2D eigenvalue weighted by atomic mass is 16.3. The molecule has 8 nitrogen and oxygen atoms in total. The van der Waals surface area contributed by atoms with E-state index in [2.05, 4.69) is 13.2 Å². The summed E-state index contributed by atoms with van der Waals surface area (Å²) in [5, 5.41) is 88.2. The van der Waals surface area contributed by atoms with Crippen LogP contribution in [0.1, 0.15) is 11.1 Å². The van der Waals surface area contributed by atoms with E-state index in [1.165, 1.54) is 12.2 Å². The van der Waals surface area contributed by atoms with E-state index in [1.807, 2.05) is 0 Å². The Kier molecular flexibility index (Phi) is 6.47. The van der Waals surface area contributed by atoms with Crippen LogP contribution in [0.3, 0.4) is 0 Å². The molecule has 0 spiro atoms. The van der Waals surface area contributed by atoms with Gasteiger partial charge in [0.2, 0.25) is 0 Å². The molecule has 6 rings (SSSR count). The molecule has 8 N–H and O–H groups in total. The molecule has 0 saturated heterocycles. The van der Waals surface area contributed by atoms with Gasteiger partial charge >= 0.3 is 0 Å². The summed E-state index contributed by atoms with van der Waals surface area (Å²) in [7, 11) is 0. The molecule has 0 radical (unpaired) electrons. The molecule has 8 heteroatoms. The van der Waals surface area contributed by atoms with Gasteiger partial charge in [0, 0.05) is 53.5 Å². The van der Waals surface area contributed by atoms with Crippen LogP contribution in [-0.2, 0) is 0 Å². The van der Waals surface area contributed by atoms with Crippen LogP contribution in [0.5, 0.6) is 46.0 Å². The Bertz CT molecular complexity index is 2210. The lowest BCUT2D eigenvalue weighted by molar-refractivity contribution is 0.401. The Morgan fingerprint density at radius 2 is 0.773 bits per heavy atom. The second-order valence-electron chi connectivity index (χ2n) is 10.4. The van der Waals surface area contributed by atoms with Gasteiger partial charge in [0.15, 0.2) is 23.0 Å². The van der Waals surface area contributed by atoms with Gasteiger partial charge < -0.3 is 40.9 Å². The van der Waals surface area contributed by atoms with Gasteiger partial charge in [-0.3, -0.25) is 0 Å². The lowest BCUT2D eigenvalue weighted by Gasteiger charge is -2.18. The lowest BCUT2D eigenvalue weighted by Crippen LogP contribution is -2.17. The van der Waals surface area contributed by atoms with Crippen molar-refractivity contribution < 1.29 is 40.9 Å². The number of phenolic OH excluding ortho intramolecular Hbond substituents is 8. The van der Waals surface area contributed by atoms with Gasteiger partial charge in [-0.15, -0.1) is 0 Å². The molecule has 0 amide bonds. The fraction of sp³-hybridized carbons (Fsp3) is 0. The topological polar surface area (TPSA) is 162 Å². The number of hydrogen-bond donors (Lipinski definition) is 8. The molecule has 0 aliphatic heterocycles. The number of fused-ring (bicyclic) bond motifs is 2. The molecule has 0 bridgehead atoms. The Morgan fingerprint density at radius 3 is 1.11 bits per heavy atom. The van der Waals surface area contributed by atoms with E-state index in [1.54, 1.807) is 60.7 Å². The normalized spacial score (nSPS) is 12.4. The molecule has 0 aliphatic rings. The predicted molar refractivity (Wildman–Crippen MR) is 170 cm³/mol. The molecule has 0 aliphatic carbocycles. The van der Waals surface area contributed by atoms with Crippen LogP contribution in [-0.4, -0.2) is 40.9 Å². The monoisotopic (exact) mass is 586 g/mol. The summed E-state index contributed by atoms with van der Waals surface area (Å²) in [6.45, 7) is 7.84. The van der Waals surface area contributed by atoms with Crippen molar-refractivity contribution in [2.75, 3.05) is 0 Å². The zero-order chi connectivity index (χ0) is 31.4. The first-order chi connectivity index (χ1) is 21.0. The highest BCUT2D eigenvalue weighted by Gasteiger charge is 2.25. The minimum atomic E-state index is -0.584. The van der Waals surface area contributed by atoms with Crippen molar-refractivity contribution in [1.29, 1.82) is 0 Å². The molecule has 6 aromatic carbocycles. The van der Waals surface area contributed by atoms with Gasteiger partial charge in [-0.1, -0.05) is 73.8 Å². The molecule has 0 unspecified atom stereocenters. The molecule has 6 aromatic rings. The van der Waals surface area contributed by atoms with Gasteiger partial charge in [-0.25, -0.2) is 0 Å². The first kappa shape index (κ1) is 27.9. The van der Waals surface area contributed by atoms with Crippen molar-refractivity contribution in [1.82, 2.24) is 0 Å². The Labute approximate surface area is 249 Å². The van der Waals surface area contributed by atoms with Gasteiger partial charge in [-0.05, 0) is 35.4 Å². The Morgan fingerprint density at radius 1 is 0.432 bits per heavy atom. The highest BCUT2D eigenvalue weighted by Crippen LogP contribution is 2.44. The quantitative estimate of drug-likeness (QED) is 0.115. The van der Waals surface area contributed by atoms with Crippen LogP contribution >= 0.6 is 0 Å². The third-order valence-electron chi connectivity index (χ3n) is 7.74. The summed E-state index contributed by atoms with van der Waals surface area (Å²) in [6, 6.07) is 19.7. The van der Waals surface area contributed by atoms with E-state index >= 15 is 0 Å². The molecular weight excluding hydrogens is 560 g/mol. The minimum Gasteiger partial charge on any atom is -0.507 e. The fourth-order valence-electron chi connectivity index (χ4n) is 5.59. The van der Waals surface area contributed by atoms with E-state index in [9.17, 15) is 40.9 Å². The van der Waals surface area contributed by atoms with Gasteiger partial charge in [0.05, 0.1) is 0 Å². The summed E-state index contributed by atoms with van der Waals surface area (Å²) in [5.74, 6) is -4.28. The van der Waals surface area contributed by atoms with Crippen molar-refractivity contribution >= 4 is 46.9 Å². The van der Waals surface area contributed by atoms with Crippen molar-refractivity contribution in [2.45, 2.75) is 0 Å². The summed E-state index contributed by atoms with van der Waals surface area (Å²) in [4.78, 5) is 0. The summed E-state index contributed by atoms with van der Waals surface area (Å²) >= 11 is 0. The lowest BCUT2D eigenvalue weighted by atomic mass is 9.90. The summed E-state index contributed by atoms with van der Waals surface area (Å²) in [5.41, 5.74) is 0.830. The van der Waals surface area contributed by atoms with Gasteiger partial charge in [-0.2, -0.15) is 0 Å². The number of aromatic hydroxyl groups is 8. The van der Waals surface area contributed by atoms with E-state index in [-0.39, 0.29) is 53.5 Å². The fourth-order valence-corrected chi connectivity index (χ4v) is 5.59. The van der Waals surface area contributed by atoms with Crippen LogP contribution in [0.15, 0.2) is 72.8 Å². The maximum atomic E-state index is 11.6. The van der Waals surface area contributed by atoms with Crippen LogP contribution in [0.25, 0.3) is 58.0 Å². The standard InChI is InChI=1S/C36H26O8/c1-17-27(35(43)23-15-25(37)33(41)21(29(23)31(17)39)13-19-9-5-3-6-10-19)28-18(2)32(40)30-22(14-20-11-7-4-8-12-20)34(42)26(38)16-24(30)36(28)44/h3-16,37-44H,1-2H2/b21-13-,22-14-. The third kappa shape index (κ3) is 4.16. The van der Waals surface area contributed by atoms with Crippen molar-refractivity contribution in [3.63, 3.8) is 0 Å². The van der Waals surface area contributed by atoms with Gasteiger partial charge in [0.1, 0.15) is 23.0 Å². The summed E-state index contributed by atoms with van der Waals surface area (Å²) in [6.07, 6.45) is 3.03.